The number of hydroxylamine groups is 3. The number of benzene rings is 1. The Morgan fingerprint density at radius 2 is 1.80 bits per heavy atom. The molecule has 1 aromatic carbocycles. The zero-order valence-corrected chi connectivity index (χ0v) is 12.0. The van der Waals surface area contributed by atoms with Crippen LogP contribution in [0.15, 0.2) is 35.5 Å². The lowest BCUT2D eigenvalue weighted by Crippen LogP contribution is -2.57. The number of hydrogen-bond donors (Lipinski definition) is 2. The second-order valence-electron chi connectivity index (χ2n) is 5.59. The molecule has 2 rings (SSSR count). The second-order valence-corrected chi connectivity index (χ2v) is 5.59. The summed E-state index contributed by atoms with van der Waals surface area (Å²) in [5.41, 5.74) is -1.09. The van der Waals surface area contributed by atoms with E-state index in [2.05, 4.69) is 5.16 Å². The summed E-state index contributed by atoms with van der Waals surface area (Å²) in [5, 5.41) is 36.2. The zero-order valence-electron chi connectivity index (χ0n) is 12.0. The van der Waals surface area contributed by atoms with Crippen LogP contribution in [-0.2, 0) is 0 Å². The van der Waals surface area contributed by atoms with Crippen LogP contribution in [0.1, 0.15) is 33.3 Å². The van der Waals surface area contributed by atoms with Gasteiger partial charge in [-0.1, -0.05) is 23.4 Å². The van der Waals surface area contributed by atoms with E-state index in [1.165, 1.54) is 13.8 Å². The van der Waals surface area contributed by atoms with E-state index in [4.69, 9.17) is 5.21 Å². The van der Waals surface area contributed by atoms with E-state index in [0.29, 0.717) is 10.5 Å². The lowest BCUT2D eigenvalue weighted by atomic mass is 9.92. The Morgan fingerprint density at radius 1 is 1.25 bits per heavy atom. The number of rotatable bonds is 2. The monoisotopic (exact) mass is 277 g/mol. The van der Waals surface area contributed by atoms with Crippen molar-refractivity contribution in [2.24, 2.45) is 5.16 Å². The summed E-state index contributed by atoms with van der Waals surface area (Å²) in [6.45, 7) is 6.51. The SMILES string of the molecule is C/C(=N/O)[C@]1(C)N(O)C(C)(C)C(c2ccccc2)=[N+]1[O-]. The maximum Gasteiger partial charge on any atom is 0.290 e. The normalized spacial score (nSPS) is 27.1. The molecule has 0 amide bonds. The summed E-state index contributed by atoms with van der Waals surface area (Å²) in [7, 11) is 0. The molecule has 1 heterocycles. The topological polar surface area (TPSA) is 82.1 Å². The lowest BCUT2D eigenvalue weighted by Gasteiger charge is -2.32. The van der Waals surface area contributed by atoms with Gasteiger partial charge in [-0.05, 0) is 32.9 Å². The van der Waals surface area contributed by atoms with E-state index >= 15 is 0 Å². The fourth-order valence-electron chi connectivity index (χ4n) is 2.66. The van der Waals surface area contributed by atoms with Crippen molar-refractivity contribution in [1.29, 1.82) is 0 Å². The highest BCUT2D eigenvalue weighted by atomic mass is 16.6. The molecule has 0 aromatic heterocycles. The first-order chi connectivity index (χ1) is 9.27. The Labute approximate surface area is 117 Å². The van der Waals surface area contributed by atoms with Crippen molar-refractivity contribution in [3.05, 3.63) is 41.1 Å². The molecule has 108 valence electrons. The van der Waals surface area contributed by atoms with Crippen LogP contribution in [0.2, 0.25) is 0 Å². The molecule has 0 spiro atoms. The van der Waals surface area contributed by atoms with Gasteiger partial charge in [-0.3, -0.25) is 0 Å². The summed E-state index contributed by atoms with van der Waals surface area (Å²) in [6, 6.07) is 9.14. The minimum Gasteiger partial charge on any atom is -0.622 e. The van der Waals surface area contributed by atoms with Crippen LogP contribution in [0.4, 0.5) is 0 Å². The Bertz CT molecular complexity index is 581. The van der Waals surface area contributed by atoms with Gasteiger partial charge in [-0.2, -0.15) is 4.74 Å². The summed E-state index contributed by atoms with van der Waals surface area (Å²) in [5.74, 6) is 0. The van der Waals surface area contributed by atoms with E-state index in [1.54, 1.807) is 13.8 Å². The lowest BCUT2D eigenvalue weighted by molar-refractivity contribution is -0.560. The number of oxime groups is 1. The molecule has 1 aliphatic heterocycles. The Kier molecular flexibility index (Phi) is 3.31. The quantitative estimate of drug-likeness (QED) is 0.285. The fourth-order valence-corrected chi connectivity index (χ4v) is 2.66. The van der Waals surface area contributed by atoms with Crippen molar-refractivity contribution < 1.29 is 15.2 Å². The van der Waals surface area contributed by atoms with Crippen LogP contribution in [-0.4, -0.2) is 42.8 Å². The van der Waals surface area contributed by atoms with Gasteiger partial charge in [-0.25, -0.2) is 0 Å². The molecule has 0 fully saturated rings. The highest BCUT2D eigenvalue weighted by Crippen LogP contribution is 2.35. The first-order valence-corrected chi connectivity index (χ1v) is 6.36. The molecule has 20 heavy (non-hydrogen) atoms. The number of nitrogens with zero attached hydrogens (tertiary/aromatic N) is 3. The van der Waals surface area contributed by atoms with Crippen LogP contribution >= 0.6 is 0 Å². The van der Waals surface area contributed by atoms with Crippen molar-refractivity contribution in [2.75, 3.05) is 0 Å². The van der Waals surface area contributed by atoms with Crippen LogP contribution in [0.5, 0.6) is 0 Å². The summed E-state index contributed by atoms with van der Waals surface area (Å²) >= 11 is 0. The minimum atomic E-state index is -1.44. The molecule has 2 N–H and O–H groups in total. The van der Waals surface area contributed by atoms with Crippen LogP contribution < -0.4 is 0 Å². The van der Waals surface area contributed by atoms with E-state index in [0.717, 1.165) is 10.6 Å². The maximum atomic E-state index is 12.7. The molecule has 0 unspecified atom stereocenters. The van der Waals surface area contributed by atoms with Crippen LogP contribution in [0.3, 0.4) is 0 Å². The van der Waals surface area contributed by atoms with Gasteiger partial charge in [0.05, 0.1) is 0 Å². The predicted octanol–water partition coefficient (Wildman–Crippen LogP) is 2.04. The minimum absolute atomic E-state index is 0.119. The van der Waals surface area contributed by atoms with E-state index < -0.39 is 11.2 Å². The molecule has 0 saturated carbocycles. The molecule has 1 atom stereocenters. The molecular weight excluding hydrogens is 258 g/mol. The smallest absolute Gasteiger partial charge is 0.290 e. The highest BCUT2D eigenvalue weighted by Gasteiger charge is 2.61. The fraction of sp³-hybridized carbons (Fsp3) is 0.429. The van der Waals surface area contributed by atoms with Gasteiger partial charge in [0.15, 0.2) is 0 Å². The standard InChI is InChI=1S/C14H19N3O3/c1-10(15-18)14(4)16(19)12(13(2,3)17(14)20)11-8-6-5-7-9-11/h5-9,18,20H,1-4H3/b15-10-/t14-/m0/s1. The third kappa shape index (κ3) is 1.72. The van der Waals surface area contributed by atoms with Crippen molar-refractivity contribution in [3.63, 3.8) is 0 Å². The van der Waals surface area contributed by atoms with Gasteiger partial charge in [0.25, 0.3) is 5.66 Å². The summed E-state index contributed by atoms with van der Waals surface area (Å²) in [4.78, 5) is 0. The molecule has 0 aliphatic carbocycles. The van der Waals surface area contributed by atoms with Crippen LogP contribution in [0.25, 0.3) is 0 Å². The van der Waals surface area contributed by atoms with Gasteiger partial charge < -0.3 is 15.6 Å². The van der Waals surface area contributed by atoms with Crippen molar-refractivity contribution in [2.45, 2.75) is 38.9 Å². The Hall–Kier alpha value is -1.92. The van der Waals surface area contributed by atoms with Crippen molar-refractivity contribution in [3.8, 4) is 0 Å². The molecule has 0 radical (unpaired) electrons. The predicted molar refractivity (Wildman–Crippen MR) is 75.2 cm³/mol. The van der Waals surface area contributed by atoms with Crippen molar-refractivity contribution >= 4 is 11.4 Å². The molecule has 6 nitrogen and oxygen atoms in total. The Morgan fingerprint density at radius 3 is 2.30 bits per heavy atom. The van der Waals surface area contributed by atoms with Gasteiger partial charge in [0.2, 0.25) is 5.71 Å². The molecule has 6 heteroatoms. The highest BCUT2D eigenvalue weighted by molar-refractivity contribution is 6.06. The zero-order chi connectivity index (χ0) is 15.1. The molecule has 1 aliphatic rings. The summed E-state index contributed by atoms with van der Waals surface area (Å²) < 4.78 is 0.706. The van der Waals surface area contributed by atoms with Crippen molar-refractivity contribution in [1.82, 2.24) is 5.06 Å². The summed E-state index contributed by atoms with van der Waals surface area (Å²) in [6.07, 6.45) is 0. The van der Waals surface area contributed by atoms with Crippen LogP contribution in [0, 0.1) is 5.21 Å². The average molecular weight is 277 g/mol. The average Bonchev–Trinajstić information content (AvgIpc) is 2.58. The van der Waals surface area contributed by atoms with E-state index in [1.807, 2.05) is 30.3 Å². The number of hydrogen-bond acceptors (Lipinski definition) is 5. The molecule has 0 saturated heterocycles. The third-order valence-electron chi connectivity index (χ3n) is 4.00. The largest absolute Gasteiger partial charge is 0.622 e. The van der Waals surface area contributed by atoms with E-state index in [9.17, 15) is 10.4 Å². The molecule has 1 aromatic rings. The van der Waals surface area contributed by atoms with Gasteiger partial charge >= 0.3 is 0 Å². The van der Waals surface area contributed by atoms with Gasteiger partial charge in [-0.15, -0.1) is 5.06 Å². The first kappa shape index (κ1) is 14.5. The van der Waals surface area contributed by atoms with E-state index in [-0.39, 0.29) is 5.71 Å². The second kappa shape index (κ2) is 4.57. The maximum absolute atomic E-state index is 12.7. The van der Waals surface area contributed by atoms with Gasteiger partial charge in [0.1, 0.15) is 11.3 Å². The third-order valence-corrected chi connectivity index (χ3v) is 4.00. The molecular formula is C14H19N3O3. The van der Waals surface area contributed by atoms with Gasteiger partial charge in [0, 0.05) is 12.5 Å². The molecule has 0 bridgehead atoms. The first-order valence-electron chi connectivity index (χ1n) is 6.36. The Balaban J connectivity index is 2.71.